The van der Waals surface area contributed by atoms with Gasteiger partial charge in [0.1, 0.15) is 0 Å². The molecular weight excluding hydrogens is 360 g/mol. The van der Waals surface area contributed by atoms with Crippen molar-refractivity contribution < 1.29 is 9.90 Å². The Morgan fingerprint density at radius 1 is 1.17 bits per heavy atom. The van der Waals surface area contributed by atoms with Crippen LogP contribution in [0.15, 0.2) is 30.3 Å². The van der Waals surface area contributed by atoms with Crippen LogP contribution in [0.25, 0.3) is 0 Å². The fourth-order valence-corrected chi connectivity index (χ4v) is 3.93. The van der Waals surface area contributed by atoms with Gasteiger partial charge in [0.25, 0.3) is 0 Å². The number of hydrogen-bond donors (Lipinski definition) is 0. The highest BCUT2D eigenvalue weighted by atomic mass is 79.9. The average molecular weight is 375 g/mol. The Morgan fingerprint density at radius 3 is 2.39 bits per heavy atom. The van der Waals surface area contributed by atoms with Crippen LogP contribution in [-0.2, 0) is 11.2 Å². The van der Waals surface area contributed by atoms with E-state index in [0.717, 1.165) is 12.8 Å². The SMILES string of the molecule is O=C([O-])[C@@H]1C[C@H](Br)[C@@H](Br)C[C@H]1Cc1ccccc1. The summed E-state index contributed by atoms with van der Waals surface area (Å²) < 4.78 is 0. The van der Waals surface area contributed by atoms with Crippen LogP contribution >= 0.6 is 31.9 Å². The van der Waals surface area contributed by atoms with Crippen LogP contribution in [0.2, 0.25) is 0 Å². The van der Waals surface area contributed by atoms with Crippen LogP contribution < -0.4 is 5.11 Å². The molecule has 0 radical (unpaired) electrons. The van der Waals surface area contributed by atoms with Crippen molar-refractivity contribution in [3.05, 3.63) is 35.9 Å². The Labute approximate surface area is 124 Å². The molecule has 0 spiro atoms. The van der Waals surface area contributed by atoms with Gasteiger partial charge < -0.3 is 9.90 Å². The number of carbonyl (C=O) groups excluding carboxylic acids is 1. The number of carbonyl (C=O) groups is 1. The summed E-state index contributed by atoms with van der Waals surface area (Å²) in [6, 6.07) is 10.1. The third-order valence-electron chi connectivity index (χ3n) is 3.61. The number of rotatable bonds is 3. The molecule has 4 atom stereocenters. The first-order valence-corrected chi connectivity index (χ1v) is 7.94. The van der Waals surface area contributed by atoms with E-state index in [0.29, 0.717) is 11.2 Å². The number of aliphatic carboxylic acids is 1. The molecule has 0 unspecified atom stereocenters. The van der Waals surface area contributed by atoms with Crippen molar-refractivity contribution in [2.75, 3.05) is 0 Å². The van der Waals surface area contributed by atoms with Gasteiger partial charge in [0.15, 0.2) is 0 Å². The van der Waals surface area contributed by atoms with E-state index in [9.17, 15) is 9.90 Å². The minimum Gasteiger partial charge on any atom is -0.550 e. The van der Waals surface area contributed by atoms with E-state index in [1.165, 1.54) is 5.56 Å². The summed E-state index contributed by atoms with van der Waals surface area (Å²) in [5.41, 5.74) is 1.20. The Balaban J connectivity index is 2.11. The molecule has 18 heavy (non-hydrogen) atoms. The van der Waals surface area contributed by atoms with Crippen LogP contribution in [0, 0.1) is 11.8 Å². The first-order valence-electron chi connectivity index (χ1n) is 6.11. The molecule has 0 N–H and O–H groups in total. The zero-order valence-corrected chi connectivity index (χ0v) is 13.1. The minimum atomic E-state index is -0.917. The highest BCUT2D eigenvalue weighted by molar-refractivity contribution is 9.12. The molecule has 98 valence electrons. The standard InChI is InChI=1S/C14H16Br2O2/c15-12-7-10(6-9-4-2-1-3-5-9)11(14(17)18)8-13(12)16/h1-5,10-13H,6-8H2,(H,17,18)/p-1/t10-,11-,12+,13+/m1/s1. The molecule has 1 aliphatic carbocycles. The maximum absolute atomic E-state index is 11.3. The first-order chi connectivity index (χ1) is 8.58. The second-order valence-electron chi connectivity index (χ2n) is 4.88. The summed E-state index contributed by atoms with van der Waals surface area (Å²) in [4.78, 5) is 11.8. The molecule has 2 nitrogen and oxygen atoms in total. The second-order valence-corrected chi connectivity index (χ2v) is 7.23. The Bertz CT molecular complexity index is 408. The van der Waals surface area contributed by atoms with Crippen molar-refractivity contribution in [3.63, 3.8) is 0 Å². The van der Waals surface area contributed by atoms with Gasteiger partial charge in [-0.15, -0.1) is 0 Å². The molecule has 1 aromatic carbocycles. The number of carboxylic acids is 1. The van der Waals surface area contributed by atoms with Crippen molar-refractivity contribution >= 4 is 37.8 Å². The van der Waals surface area contributed by atoms with Gasteiger partial charge in [0.05, 0.1) is 0 Å². The van der Waals surface area contributed by atoms with E-state index in [4.69, 9.17) is 0 Å². The highest BCUT2D eigenvalue weighted by Gasteiger charge is 2.35. The number of halogens is 2. The van der Waals surface area contributed by atoms with Gasteiger partial charge in [0.2, 0.25) is 0 Å². The largest absolute Gasteiger partial charge is 0.550 e. The lowest BCUT2D eigenvalue weighted by atomic mass is 9.76. The summed E-state index contributed by atoms with van der Waals surface area (Å²) in [7, 11) is 0. The zero-order valence-electron chi connectivity index (χ0n) is 9.89. The third kappa shape index (κ3) is 3.35. The third-order valence-corrected chi connectivity index (χ3v) is 6.35. The smallest absolute Gasteiger partial charge is 0.0448 e. The molecule has 0 bridgehead atoms. The summed E-state index contributed by atoms with van der Waals surface area (Å²) in [6.45, 7) is 0. The molecule has 4 heteroatoms. The van der Waals surface area contributed by atoms with Gasteiger partial charge in [-0.3, -0.25) is 0 Å². The van der Waals surface area contributed by atoms with E-state index < -0.39 is 5.97 Å². The first kappa shape index (κ1) is 14.1. The fourth-order valence-electron chi connectivity index (χ4n) is 2.61. The molecule has 1 fully saturated rings. The molecular formula is C14H15Br2O2-. The summed E-state index contributed by atoms with van der Waals surface area (Å²) in [5.74, 6) is -1.13. The van der Waals surface area contributed by atoms with E-state index >= 15 is 0 Å². The lowest BCUT2D eigenvalue weighted by Gasteiger charge is -2.37. The normalized spacial score (nSPS) is 32.1. The highest BCUT2D eigenvalue weighted by Crippen LogP contribution is 2.39. The maximum atomic E-state index is 11.3. The van der Waals surface area contributed by atoms with Crippen LogP contribution in [0.4, 0.5) is 0 Å². The average Bonchev–Trinajstić information content (AvgIpc) is 2.34. The van der Waals surface area contributed by atoms with Crippen LogP contribution in [0.5, 0.6) is 0 Å². The molecule has 0 aromatic heterocycles. The Morgan fingerprint density at radius 2 is 1.78 bits per heavy atom. The predicted octanol–water partition coefficient (Wildman–Crippen LogP) is 2.53. The number of alkyl halides is 2. The van der Waals surface area contributed by atoms with Crippen molar-refractivity contribution in [1.82, 2.24) is 0 Å². The molecule has 0 aliphatic heterocycles. The summed E-state index contributed by atoms with van der Waals surface area (Å²) >= 11 is 7.16. The molecule has 1 aromatic rings. The number of carboxylic acid groups (broad SMARTS) is 1. The van der Waals surface area contributed by atoms with E-state index in [1.54, 1.807) is 0 Å². The van der Waals surface area contributed by atoms with Gasteiger partial charge in [-0.2, -0.15) is 0 Å². The van der Waals surface area contributed by atoms with Crippen LogP contribution in [0.1, 0.15) is 18.4 Å². The van der Waals surface area contributed by atoms with Gasteiger partial charge in [-0.1, -0.05) is 62.2 Å². The monoisotopic (exact) mass is 373 g/mol. The Hall–Kier alpha value is -0.350. The van der Waals surface area contributed by atoms with Gasteiger partial charge in [-0.05, 0) is 30.7 Å². The van der Waals surface area contributed by atoms with Crippen molar-refractivity contribution in [2.45, 2.75) is 28.9 Å². The lowest BCUT2D eigenvalue weighted by molar-refractivity contribution is -0.314. The summed E-state index contributed by atoms with van der Waals surface area (Å²) in [6.07, 6.45) is 2.31. The van der Waals surface area contributed by atoms with Gasteiger partial charge in [-0.25, -0.2) is 0 Å². The molecule has 1 aliphatic rings. The number of hydrogen-bond acceptors (Lipinski definition) is 2. The van der Waals surface area contributed by atoms with Gasteiger partial charge >= 0.3 is 0 Å². The zero-order chi connectivity index (χ0) is 13.1. The minimum absolute atomic E-state index is 0.149. The van der Waals surface area contributed by atoms with Gasteiger partial charge in [0, 0.05) is 21.5 Å². The van der Waals surface area contributed by atoms with E-state index in [2.05, 4.69) is 44.0 Å². The molecule has 0 amide bonds. The predicted molar refractivity (Wildman–Crippen MR) is 76.8 cm³/mol. The molecule has 1 saturated carbocycles. The Kier molecular flexibility index (Phi) is 4.84. The topological polar surface area (TPSA) is 40.1 Å². The van der Waals surface area contributed by atoms with Crippen molar-refractivity contribution in [2.24, 2.45) is 11.8 Å². The summed E-state index contributed by atoms with van der Waals surface area (Å²) in [5, 5.41) is 11.3. The molecule has 2 rings (SSSR count). The van der Waals surface area contributed by atoms with Crippen molar-refractivity contribution in [3.8, 4) is 0 Å². The quantitative estimate of drug-likeness (QED) is 0.762. The van der Waals surface area contributed by atoms with E-state index in [1.807, 2.05) is 18.2 Å². The maximum Gasteiger partial charge on any atom is 0.0448 e. The second kappa shape index (κ2) is 6.20. The number of benzene rings is 1. The van der Waals surface area contributed by atoms with Crippen LogP contribution in [-0.4, -0.2) is 15.6 Å². The molecule has 0 saturated heterocycles. The van der Waals surface area contributed by atoms with Crippen molar-refractivity contribution in [1.29, 1.82) is 0 Å². The molecule has 0 heterocycles. The van der Waals surface area contributed by atoms with Crippen LogP contribution in [0.3, 0.4) is 0 Å². The van der Waals surface area contributed by atoms with E-state index in [-0.39, 0.29) is 16.7 Å². The lowest BCUT2D eigenvalue weighted by Crippen LogP contribution is -2.43. The fraction of sp³-hybridized carbons (Fsp3) is 0.500.